The van der Waals surface area contributed by atoms with E-state index in [1.165, 1.54) is 18.9 Å². The van der Waals surface area contributed by atoms with Crippen molar-refractivity contribution in [3.63, 3.8) is 0 Å². The van der Waals surface area contributed by atoms with Crippen LogP contribution in [0.15, 0.2) is 12.1 Å². The van der Waals surface area contributed by atoms with Crippen LogP contribution >= 0.6 is 0 Å². The molecule has 1 heterocycles. The summed E-state index contributed by atoms with van der Waals surface area (Å²) in [7, 11) is 0. The highest BCUT2D eigenvalue weighted by atomic mass is 19.1. The van der Waals surface area contributed by atoms with E-state index in [4.69, 9.17) is 4.74 Å². The average molecular weight is 365 g/mol. The fourth-order valence-electron chi connectivity index (χ4n) is 4.56. The highest BCUT2D eigenvalue weighted by Crippen LogP contribution is 2.37. The average Bonchev–Trinajstić information content (AvgIpc) is 2.62. The van der Waals surface area contributed by atoms with Crippen LogP contribution in [-0.4, -0.2) is 47.4 Å². The first-order chi connectivity index (χ1) is 12.4. The number of aryl methyl sites for hydroxylation is 1. The number of likely N-dealkylation sites (tertiary alicyclic amines) is 1. The number of hydrogen-bond donors (Lipinski definition) is 2. The van der Waals surface area contributed by atoms with E-state index in [9.17, 15) is 9.50 Å². The monoisotopic (exact) mass is 364 g/mol. The Hall–Kier alpha value is -1.33. The van der Waals surface area contributed by atoms with Gasteiger partial charge >= 0.3 is 0 Å². The maximum atomic E-state index is 13.7. The summed E-state index contributed by atoms with van der Waals surface area (Å²) in [6, 6.07) is 3.46. The highest BCUT2D eigenvalue weighted by Gasteiger charge is 2.38. The normalized spacial score (nSPS) is 28.2. The number of nitrogens with one attached hydrogen (secondary N) is 1. The zero-order valence-corrected chi connectivity index (χ0v) is 16.4. The van der Waals surface area contributed by atoms with Crippen LogP contribution in [0.3, 0.4) is 0 Å². The third-order valence-corrected chi connectivity index (χ3v) is 6.24. The van der Waals surface area contributed by atoms with Crippen molar-refractivity contribution in [2.45, 2.75) is 77.0 Å². The highest BCUT2D eigenvalue weighted by molar-refractivity contribution is 5.58. The van der Waals surface area contributed by atoms with E-state index >= 15 is 0 Å². The summed E-state index contributed by atoms with van der Waals surface area (Å²) in [4.78, 5) is 2.63. The number of anilines is 1. The predicted molar refractivity (Wildman–Crippen MR) is 103 cm³/mol. The van der Waals surface area contributed by atoms with Crippen molar-refractivity contribution >= 4 is 5.69 Å². The molecule has 1 aromatic rings. The van der Waals surface area contributed by atoms with Crippen LogP contribution < -0.4 is 5.32 Å². The lowest BCUT2D eigenvalue weighted by Gasteiger charge is -2.48. The standard InChI is InChI=1S/C21H33FN2O2/c1-4-26-17-5-9-21(3,10-6-17)24-11-7-16(8-12-24)23-19-14-15(2)13-18(22)20(19)25/h13-14,16-17,23,25H,4-12H2,1-3H3. The third kappa shape index (κ3) is 4.32. The first kappa shape index (κ1) is 19.4. The molecule has 1 aromatic carbocycles. The van der Waals surface area contributed by atoms with E-state index in [0.29, 0.717) is 11.8 Å². The van der Waals surface area contributed by atoms with Gasteiger partial charge in [-0.25, -0.2) is 4.39 Å². The Bertz CT molecular complexity index is 606. The first-order valence-electron chi connectivity index (χ1n) is 10.0. The van der Waals surface area contributed by atoms with Crippen molar-refractivity contribution in [2.75, 3.05) is 25.0 Å². The minimum absolute atomic E-state index is 0.265. The Kier molecular flexibility index (Phi) is 6.08. The van der Waals surface area contributed by atoms with E-state index in [1.807, 2.05) is 13.0 Å². The van der Waals surface area contributed by atoms with Crippen LogP contribution in [0, 0.1) is 12.7 Å². The lowest BCUT2D eigenvalue weighted by Crippen LogP contribution is -2.53. The minimum Gasteiger partial charge on any atom is -0.503 e. The van der Waals surface area contributed by atoms with Crippen molar-refractivity contribution < 1.29 is 14.2 Å². The van der Waals surface area contributed by atoms with Gasteiger partial charge < -0.3 is 15.2 Å². The van der Waals surface area contributed by atoms with Crippen LogP contribution in [-0.2, 0) is 4.74 Å². The number of phenols is 1. The van der Waals surface area contributed by atoms with Gasteiger partial charge in [-0.05, 0) is 77.0 Å². The second-order valence-corrected chi connectivity index (χ2v) is 8.20. The molecular weight excluding hydrogens is 331 g/mol. The largest absolute Gasteiger partial charge is 0.503 e. The lowest BCUT2D eigenvalue weighted by molar-refractivity contribution is -0.0242. The second-order valence-electron chi connectivity index (χ2n) is 8.20. The number of hydrogen-bond acceptors (Lipinski definition) is 4. The van der Waals surface area contributed by atoms with Crippen molar-refractivity contribution in [3.8, 4) is 5.75 Å². The molecule has 2 N–H and O–H groups in total. The SMILES string of the molecule is CCOC1CCC(C)(N2CCC(Nc3cc(C)cc(F)c3O)CC2)CC1. The predicted octanol–water partition coefficient (Wildman–Crippen LogP) is 4.45. The van der Waals surface area contributed by atoms with Gasteiger partial charge in [-0.15, -0.1) is 0 Å². The Labute approximate surface area is 156 Å². The van der Waals surface area contributed by atoms with Crippen LogP contribution in [0.1, 0.15) is 57.9 Å². The maximum absolute atomic E-state index is 13.7. The molecule has 1 saturated carbocycles. The molecule has 0 unspecified atom stereocenters. The molecule has 4 nitrogen and oxygen atoms in total. The number of ether oxygens (including phenoxy) is 1. The fourth-order valence-corrected chi connectivity index (χ4v) is 4.56. The molecule has 2 fully saturated rings. The Morgan fingerprint density at radius 3 is 2.50 bits per heavy atom. The van der Waals surface area contributed by atoms with E-state index in [1.54, 1.807) is 0 Å². The van der Waals surface area contributed by atoms with E-state index in [2.05, 4.69) is 24.1 Å². The molecule has 1 aliphatic carbocycles. The van der Waals surface area contributed by atoms with Crippen molar-refractivity contribution in [3.05, 3.63) is 23.5 Å². The number of halogens is 1. The van der Waals surface area contributed by atoms with Gasteiger partial charge in [-0.2, -0.15) is 0 Å². The molecule has 0 bridgehead atoms. The Morgan fingerprint density at radius 2 is 1.88 bits per heavy atom. The summed E-state index contributed by atoms with van der Waals surface area (Å²) in [6.45, 7) is 9.21. The number of piperidine rings is 1. The van der Waals surface area contributed by atoms with Gasteiger partial charge in [0, 0.05) is 31.3 Å². The van der Waals surface area contributed by atoms with Crippen molar-refractivity contribution in [2.24, 2.45) is 0 Å². The first-order valence-corrected chi connectivity index (χ1v) is 10.0. The van der Waals surface area contributed by atoms with Gasteiger partial charge in [0.15, 0.2) is 11.6 Å². The Balaban J connectivity index is 1.53. The number of benzene rings is 1. The van der Waals surface area contributed by atoms with Gasteiger partial charge in [0.25, 0.3) is 0 Å². The zero-order chi connectivity index (χ0) is 18.7. The summed E-state index contributed by atoms with van der Waals surface area (Å²) >= 11 is 0. The lowest BCUT2D eigenvalue weighted by atomic mass is 9.79. The van der Waals surface area contributed by atoms with Gasteiger partial charge in [-0.3, -0.25) is 4.90 Å². The quantitative estimate of drug-likeness (QED) is 0.758. The molecule has 0 radical (unpaired) electrons. The van der Waals surface area contributed by atoms with Gasteiger partial charge in [-0.1, -0.05) is 0 Å². The summed E-state index contributed by atoms with van der Waals surface area (Å²) in [5.74, 6) is -0.817. The van der Waals surface area contributed by atoms with Crippen LogP contribution in [0.4, 0.5) is 10.1 Å². The molecule has 0 aromatic heterocycles. The molecule has 0 atom stereocenters. The minimum atomic E-state index is -0.552. The number of phenolic OH excluding ortho intramolecular Hbond substituents is 1. The van der Waals surface area contributed by atoms with Crippen molar-refractivity contribution in [1.29, 1.82) is 0 Å². The molecular formula is C21H33FN2O2. The van der Waals surface area contributed by atoms with Gasteiger partial charge in [0.2, 0.25) is 0 Å². The molecule has 2 aliphatic rings. The summed E-state index contributed by atoms with van der Waals surface area (Å²) in [6.07, 6.45) is 7.15. The van der Waals surface area contributed by atoms with Crippen LogP contribution in [0.25, 0.3) is 0 Å². The molecule has 26 heavy (non-hydrogen) atoms. The Morgan fingerprint density at radius 1 is 1.23 bits per heavy atom. The molecule has 146 valence electrons. The zero-order valence-electron chi connectivity index (χ0n) is 16.4. The molecule has 1 saturated heterocycles. The van der Waals surface area contributed by atoms with Gasteiger partial charge in [0.1, 0.15) is 0 Å². The molecule has 5 heteroatoms. The number of rotatable bonds is 5. The molecule has 3 rings (SSSR count). The topological polar surface area (TPSA) is 44.7 Å². The van der Waals surface area contributed by atoms with E-state index < -0.39 is 5.82 Å². The summed E-state index contributed by atoms with van der Waals surface area (Å²) < 4.78 is 19.5. The van der Waals surface area contributed by atoms with Gasteiger partial charge in [0.05, 0.1) is 11.8 Å². The van der Waals surface area contributed by atoms with Crippen LogP contribution in [0.2, 0.25) is 0 Å². The summed E-state index contributed by atoms with van der Waals surface area (Å²) in [5, 5.41) is 13.3. The molecule has 0 spiro atoms. The number of aromatic hydroxyl groups is 1. The number of nitrogens with zero attached hydrogens (tertiary/aromatic N) is 1. The van der Waals surface area contributed by atoms with Crippen LogP contribution in [0.5, 0.6) is 5.75 Å². The van der Waals surface area contributed by atoms with E-state index in [0.717, 1.165) is 50.9 Å². The molecule has 1 aliphatic heterocycles. The third-order valence-electron chi connectivity index (χ3n) is 6.24. The van der Waals surface area contributed by atoms with Crippen molar-refractivity contribution in [1.82, 2.24) is 4.90 Å². The molecule has 0 amide bonds. The second kappa shape index (κ2) is 8.13. The summed E-state index contributed by atoms with van der Waals surface area (Å²) in [5.41, 5.74) is 1.61. The smallest absolute Gasteiger partial charge is 0.174 e. The van der Waals surface area contributed by atoms with E-state index in [-0.39, 0.29) is 17.3 Å². The fraction of sp³-hybridized carbons (Fsp3) is 0.714. The maximum Gasteiger partial charge on any atom is 0.174 e.